The third-order valence-electron chi connectivity index (χ3n) is 3.33. The quantitative estimate of drug-likeness (QED) is 0.746. The maximum Gasteiger partial charge on any atom is 0.343 e. The second-order valence-corrected chi connectivity index (χ2v) is 10.4. The summed E-state index contributed by atoms with van der Waals surface area (Å²) in [6.07, 6.45) is 0.309. The lowest BCUT2D eigenvalue weighted by Crippen LogP contribution is -2.23. The number of aryl methyl sites for hydroxylation is 1. The van der Waals surface area contributed by atoms with Gasteiger partial charge >= 0.3 is 9.06 Å². The van der Waals surface area contributed by atoms with E-state index in [1.165, 1.54) is 48.5 Å². The summed E-state index contributed by atoms with van der Waals surface area (Å²) in [7, 11) is -9.28. The molecule has 2 aromatic carbocycles. The fraction of sp³-hybridized carbons (Fsp3) is 0.188. The van der Waals surface area contributed by atoms with Crippen LogP contribution in [0.15, 0.2) is 53.4 Å². The number of amides is 1. The molecule has 2 N–H and O–H groups in total. The van der Waals surface area contributed by atoms with Crippen LogP contribution < -0.4 is 10.0 Å². The van der Waals surface area contributed by atoms with Crippen molar-refractivity contribution in [2.75, 3.05) is 10.0 Å². The first-order valence-corrected chi connectivity index (χ1v) is 10.9. The highest BCUT2D eigenvalue weighted by molar-refractivity contribution is 8.67. The van der Waals surface area contributed by atoms with Gasteiger partial charge in [-0.25, -0.2) is 8.42 Å². The largest absolute Gasteiger partial charge is 0.343 e. The lowest BCUT2D eigenvalue weighted by Gasteiger charge is -2.10. The topological polar surface area (TPSA) is 109 Å². The molecular weight excluding hydrogens is 364 g/mol. The van der Waals surface area contributed by atoms with Gasteiger partial charge in [-0.3, -0.25) is 9.52 Å². The minimum Gasteiger partial charge on any atom is -0.326 e. The Morgan fingerprint density at radius 3 is 1.92 bits per heavy atom. The molecule has 0 radical (unpaired) electrons. The minimum absolute atomic E-state index is 0.0742. The Hall–Kier alpha value is -2.39. The van der Waals surface area contributed by atoms with E-state index in [2.05, 4.69) is 5.32 Å². The number of hydrogen-bond donors (Lipinski definition) is 2. The van der Waals surface area contributed by atoms with E-state index in [9.17, 15) is 21.6 Å². The molecule has 25 heavy (non-hydrogen) atoms. The van der Waals surface area contributed by atoms with Crippen LogP contribution in [0.25, 0.3) is 0 Å². The molecule has 0 bridgehead atoms. The zero-order chi connectivity index (χ0) is 18.7. The van der Waals surface area contributed by atoms with Crippen molar-refractivity contribution < 1.29 is 21.6 Å². The number of nitrogens with one attached hydrogen (secondary N) is 2. The molecule has 2 aromatic rings. The van der Waals surface area contributed by atoms with Crippen LogP contribution in [-0.2, 0) is 22.7 Å². The Kier molecular flexibility index (Phi) is 5.48. The van der Waals surface area contributed by atoms with Crippen molar-refractivity contribution in [3.05, 3.63) is 54.1 Å². The molecule has 0 aliphatic carbocycles. The Balaban J connectivity index is 2.23. The molecule has 0 aromatic heterocycles. The van der Waals surface area contributed by atoms with Crippen molar-refractivity contribution in [3.8, 4) is 0 Å². The number of carbonyl (C=O) groups excluding carboxylic acids is 1. The van der Waals surface area contributed by atoms with Crippen molar-refractivity contribution in [2.24, 2.45) is 0 Å². The summed E-state index contributed by atoms with van der Waals surface area (Å²) in [6, 6.07) is 11.2. The van der Waals surface area contributed by atoms with Gasteiger partial charge in [0, 0.05) is 17.8 Å². The normalized spacial score (nSPS) is 11.8. The van der Waals surface area contributed by atoms with E-state index in [4.69, 9.17) is 0 Å². The highest BCUT2D eigenvalue weighted by atomic mass is 33.2. The van der Waals surface area contributed by atoms with Gasteiger partial charge in [0.05, 0.1) is 4.90 Å². The first-order chi connectivity index (χ1) is 11.7. The van der Waals surface area contributed by atoms with E-state index in [0.29, 0.717) is 12.1 Å². The van der Waals surface area contributed by atoms with Gasteiger partial charge in [0.2, 0.25) is 5.91 Å². The predicted molar refractivity (Wildman–Crippen MR) is 96.3 cm³/mol. The van der Waals surface area contributed by atoms with Gasteiger partial charge < -0.3 is 5.32 Å². The summed E-state index contributed by atoms with van der Waals surface area (Å²) in [6.45, 7) is 3.47. The lowest BCUT2D eigenvalue weighted by atomic mass is 10.2. The van der Waals surface area contributed by atoms with Gasteiger partial charge in [0.1, 0.15) is 0 Å². The first kappa shape index (κ1) is 18.9. The molecule has 1 amide bonds. The van der Waals surface area contributed by atoms with Gasteiger partial charge in [-0.2, -0.15) is 8.42 Å². The van der Waals surface area contributed by atoms with Crippen LogP contribution in [0.2, 0.25) is 0 Å². The number of carbonyl (C=O) groups is 1. The number of rotatable bonds is 6. The highest BCUT2D eigenvalue weighted by Crippen LogP contribution is 2.21. The van der Waals surface area contributed by atoms with Gasteiger partial charge in [0.15, 0.2) is 0 Å². The molecule has 7 nitrogen and oxygen atoms in total. The van der Waals surface area contributed by atoms with Gasteiger partial charge in [0.25, 0.3) is 8.87 Å². The molecule has 0 unspecified atom stereocenters. The van der Waals surface area contributed by atoms with Crippen LogP contribution in [-0.4, -0.2) is 22.7 Å². The number of anilines is 2. The van der Waals surface area contributed by atoms with Crippen molar-refractivity contribution >= 4 is 35.2 Å². The monoisotopic (exact) mass is 382 g/mol. The van der Waals surface area contributed by atoms with Crippen LogP contribution in [0, 0.1) is 6.92 Å². The molecule has 9 heteroatoms. The molecule has 0 aliphatic rings. The summed E-state index contributed by atoms with van der Waals surface area (Å²) in [5.74, 6) is -0.185. The summed E-state index contributed by atoms with van der Waals surface area (Å²) in [4.78, 5) is 11.0. The standard InChI is InChI=1S/C16H18N2O5S2/c1-3-16(19)17-13-6-8-14(9-7-13)18-25(22,23)24(20,21)15-10-4-12(2)5-11-15/h4-11,18H,3H2,1-2H3,(H,17,19). The summed E-state index contributed by atoms with van der Waals surface area (Å²) in [5.41, 5.74) is 1.37. The van der Waals surface area contributed by atoms with Gasteiger partial charge in [-0.15, -0.1) is 0 Å². The Bertz CT molecular complexity index is 964. The van der Waals surface area contributed by atoms with Crippen molar-refractivity contribution in [2.45, 2.75) is 25.2 Å². The maximum atomic E-state index is 12.3. The average molecular weight is 382 g/mol. The van der Waals surface area contributed by atoms with Crippen molar-refractivity contribution in [1.29, 1.82) is 0 Å². The van der Waals surface area contributed by atoms with Gasteiger partial charge in [-0.1, -0.05) is 24.6 Å². The van der Waals surface area contributed by atoms with E-state index in [-0.39, 0.29) is 16.5 Å². The third-order valence-corrected chi connectivity index (χ3v) is 7.80. The van der Waals surface area contributed by atoms with Crippen LogP contribution in [0.1, 0.15) is 18.9 Å². The molecule has 0 saturated heterocycles. The van der Waals surface area contributed by atoms with Crippen molar-refractivity contribution in [1.82, 2.24) is 0 Å². The molecule has 0 fully saturated rings. The van der Waals surface area contributed by atoms with E-state index >= 15 is 0 Å². The third kappa shape index (κ3) is 4.37. The molecule has 0 atom stereocenters. The highest BCUT2D eigenvalue weighted by Gasteiger charge is 2.31. The van der Waals surface area contributed by atoms with Gasteiger partial charge in [-0.05, 0) is 43.3 Å². The van der Waals surface area contributed by atoms with E-state index in [1.807, 2.05) is 4.72 Å². The predicted octanol–water partition coefficient (Wildman–Crippen LogP) is 2.47. The van der Waals surface area contributed by atoms with E-state index in [0.717, 1.165) is 5.56 Å². The van der Waals surface area contributed by atoms with Crippen LogP contribution in [0.3, 0.4) is 0 Å². The number of hydrogen-bond acceptors (Lipinski definition) is 5. The minimum atomic E-state index is -4.68. The van der Waals surface area contributed by atoms with Crippen LogP contribution >= 0.6 is 0 Å². The molecule has 134 valence electrons. The Morgan fingerprint density at radius 1 is 0.880 bits per heavy atom. The smallest absolute Gasteiger partial charge is 0.326 e. The summed E-state index contributed by atoms with van der Waals surface area (Å²) >= 11 is 0. The molecule has 0 aliphatic heterocycles. The fourth-order valence-corrected chi connectivity index (χ4v) is 4.87. The zero-order valence-corrected chi connectivity index (χ0v) is 15.3. The Morgan fingerprint density at radius 2 is 1.40 bits per heavy atom. The Labute approximate surface area is 146 Å². The van der Waals surface area contributed by atoms with E-state index < -0.39 is 17.9 Å². The lowest BCUT2D eigenvalue weighted by molar-refractivity contribution is -0.115. The van der Waals surface area contributed by atoms with Crippen LogP contribution in [0.4, 0.5) is 11.4 Å². The average Bonchev–Trinajstić information content (AvgIpc) is 2.56. The number of benzene rings is 2. The summed E-state index contributed by atoms with van der Waals surface area (Å²) in [5, 5.41) is 2.61. The first-order valence-electron chi connectivity index (χ1n) is 7.40. The zero-order valence-electron chi connectivity index (χ0n) is 13.7. The SMILES string of the molecule is CCC(=O)Nc1ccc(NS(=O)(=O)S(=O)(=O)c2ccc(C)cc2)cc1. The molecular formula is C16H18N2O5S2. The second kappa shape index (κ2) is 7.24. The molecule has 0 saturated carbocycles. The molecule has 0 heterocycles. The summed E-state index contributed by atoms with van der Waals surface area (Å²) < 4.78 is 51.2. The van der Waals surface area contributed by atoms with E-state index in [1.54, 1.807) is 13.8 Å². The second-order valence-electron chi connectivity index (χ2n) is 5.30. The van der Waals surface area contributed by atoms with Crippen molar-refractivity contribution in [3.63, 3.8) is 0 Å². The molecule has 2 rings (SSSR count). The maximum absolute atomic E-state index is 12.3. The fourth-order valence-electron chi connectivity index (χ4n) is 1.90. The molecule has 0 spiro atoms. The van der Waals surface area contributed by atoms with Crippen LogP contribution in [0.5, 0.6) is 0 Å².